The van der Waals surface area contributed by atoms with Crippen molar-refractivity contribution in [2.75, 3.05) is 0 Å². The van der Waals surface area contributed by atoms with Crippen LogP contribution >= 0.6 is 23.2 Å². The Morgan fingerprint density at radius 1 is 0.864 bits per heavy atom. The predicted molar refractivity (Wildman–Crippen MR) is 85.3 cm³/mol. The second-order valence-corrected chi connectivity index (χ2v) is 5.39. The first-order valence-electron chi connectivity index (χ1n) is 6.41. The summed E-state index contributed by atoms with van der Waals surface area (Å²) in [4.78, 5) is 12.2. The maximum atomic E-state index is 13.8. The van der Waals surface area contributed by atoms with Crippen molar-refractivity contribution in [3.8, 4) is 5.75 Å². The summed E-state index contributed by atoms with van der Waals surface area (Å²) in [6, 6.07) is 14.4. The lowest BCUT2D eigenvalue weighted by atomic mass is 10.1. The van der Waals surface area contributed by atoms with E-state index in [4.69, 9.17) is 27.9 Å². The summed E-state index contributed by atoms with van der Waals surface area (Å²) < 4.78 is 19.1. The Kier molecular flexibility index (Phi) is 4.01. The lowest BCUT2D eigenvalue weighted by molar-refractivity contribution is 0.0732. The van der Waals surface area contributed by atoms with Gasteiger partial charge in [0.15, 0.2) is 0 Å². The number of ether oxygens (including phenoxy) is 1. The molecule has 3 rings (SSSR count). The predicted octanol–water partition coefficient (Wildman–Crippen LogP) is 5.50. The molecule has 22 heavy (non-hydrogen) atoms. The highest BCUT2D eigenvalue weighted by Gasteiger charge is 2.19. The van der Waals surface area contributed by atoms with Gasteiger partial charge in [-0.2, -0.15) is 0 Å². The molecule has 0 amide bonds. The Hall–Kier alpha value is -2.10. The maximum Gasteiger partial charge on any atom is 0.348 e. The molecule has 0 saturated carbocycles. The van der Waals surface area contributed by atoms with E-state index in [2.05, 4.69) is 0 Å². The number of hydrogen-bond donors (Lipinski definition) is 0. The first-order valence-corrected chi connectivity index (χ1v) is 7.17. The van der Waals surface area contributed by atoms with Crippen molar-refractivity contribution in [2.45, 2.75) is 0 Å². The third-order valence-corrected chi connectivity index (χ3v) is 3.84. The van der Waals surface area contributed by atoms with Crippen molar-refractivity contribution < 1.29 is 13.9 Å². The molecule has 2 nitrogen and oxygen atoms in total. The monoisotopic (exact) mass is 334 g/mol. The Morgan fingerprint density at radius 2 is 1.59 bits per heavy atom. The van der Waals surface area contributed by atoms with E-state index < -0.39 is 11.8 Å². The van der Waals surface area contributed by atoms with E-state index in [0.717, 1.165) is 11.5 Å². The first kappa shape index (κ1) is 14.8. The molecule has 0 aromatic heterocycles. The molecule has 3 aromatic carbocycles. The third-order valence-electron chi connectivity index (χ3n) is 3.20. The second kappa shape index (κ2) is 5.95. The van der Waals surface area contributed by atoms with Crippen LogP contribution in [0.25, 0.3) is 10.8 Å². The largest absolute Gasteiger partial charge is 0.422 e. The van der Waals surface area contributed by atoms with Gasteiger partial charge in [0.05, 0.1) is 5.02 Å². The fourth-order valence-electron chi connectivity index (χ4n) is 2.17. The van der Waals surface area contributed by atoms with Crippen LogP contribution in [-0.2, 0) is 0 Å². The van der Waals surface area contributed by atoms with Gasteiger partial charge in [-0.3, -0.25) is 0 Å². The standard InChI is InChI=1S/C17H9Cl2FO2/c18-12-8-9-15(11-5-2-1-4-10(11)12)22-17(21)16-13(19)6-3-7-14(16)20/h1-9H. The normalized spacial score (nSPS) is 10.7. The van der Waals surface area contributed by atoms with Crippen molar-refractivity contribution in [3.63, 3.8) is 0 Å². The molecule has 5 heteroatoms. The highest BCUT2D eigenvalue weighted by Crippen LogP contribution is 2.32. The van der Waals surface area contributed by atoms with Gasteiger partial charge in [0.2, 0.25) is 0 Å². The number of hydrogen-bond acceptors (Lipinski definition) is 2. The van der Waals surface area contributed by atoms with Gasteiger partial charge in [-0.15, -0.1) is 0 Å². The minimum absolute atomic E-state index is 0.00303. The summed E-state index contributed by atoms with van der Waals surface area (Å²) in [5, 5.41) is 1.95. The fourth-order valence-corrected chi connectivity index (χ4v) is 2.64. The smallest absolute Gasteiger partial charge is 0.348 e. The zero-order valence-corrected chi connectivity index (χ0v) is 12.7. The second-order valence-electron chi connectivity index (χ2n) is 4.58. The number of carbonyl (C=O) groups is 1. The fraction of sp³-hybridized carbons (Fsp3) is 0. The van der Waals surface area contributed by atoms with Gasteiger partial charge in [0.25, 0.3) is 0 Å². The van der Waals surface area contributed by atoms with Crippen LogP contribution < -0.4 is 4.74 Å². The van der Waals surface area contributed by atoms with Crippen LogP contribution in [0.1, 0.15) is 10.4 Å². The van der Waals surface area contributed by atoms with E-state index in [1.165, 1.54) is 12.1 Å². The van der Waals surface area contributed by atoms with Gasteiger partial charge in [-0.1, -0.05) is 53.5 Å². The van der Waals surface area contributed by atoms with E-state index in [0.29, 0.717) is 16.2 Å². The highest BCUT2D eigenvalue weighted by molar-refractivity contribution is 6.36. The Labute approximate surface area is 136 Å². The summed E-state index contributed by atoms with van der Waals surface area (Å²) in [7, 11) is 0. The summed E-state index contributed by atoms with van der Waals surface area (Å²) in [5.41, 5.74) is -0.289. The molecule has 0 heterocycles. The molecular weight excluding hydrogens is 326 g/mol. The quantitative estimate of drug-likeness (QED) is 0.456. The lowest BCUT2D eigenvalue weighted by Crippen LogP contribution is -2.11. The molecule has 0 aliphatic rings. The van der Waals surface area contributed by atoms with E-state index in [9.17, 15) is 9.18 Å². The van der Waals surface area contributed by atoms with Crippen molar-refractivity contribution >= 4 is 39.9 Å². The van der Waals surface area contributed by atoms with E-state index in [-0.39, 0.29) is 10.6 Å². The maximum absolute atomic E-state index is 13.8. The van der Waals surface area contributed by atoms with Crippen LogP contribution in [0.3, 0.4) is 0 Å². The van der Waals surface area contributed by atoms with E-state index in [1.807, 2.05) is 12.1 Å². The molecule has 0 fully saturated rings. The number of carbonyl (C=O) groups excluding carboxylic acids is 1. The van der Waals surface area contributed by atoms with Crippen molar-refractivity contribution in [3.05, 3.63) is 76.0 Å². The van der Waals surface area contributed by atoms with Gasteiger partial charge in [0.1, 0.15) is 17.1 Å². The van der Waals surface area contributed by atoms with Crippen LogP contribution in [0, 0.1) is 5.82 Å². The topological polar surface area (TPSA) is 26.3 Å². The van der Waals surface area contributed by atoms with E-state index >= 15 is 0 Å². The number of fused-ring (bicyclic) bond motifs is 1. The summed E-state index contributed by atoms with van der Waals surface area (Å²) in [5.74, 6) is -1.28. The van der Waals surface area contributed by atoms with Crippen LogP contribution in [0.4, 0.5) is 4.39 Å². The van der Waals surface area contributed by atoms with Gasteiger partial charge in [-0.25, -0.2) is 9.18 Å². The zero-order valence-electron chi connectivity index (χ0n) is 11.1. The summed E-state index contributed by atoms with van der Waals surface area (Å²) in [6.45, 7) is 0. The lowest BCUT2D eigenvalue weighted by Gasteiger charge is -2.10. The number of benzene rings is 3. The molecular formula is C17H9Cl2FO2. The Morgan fingerprint density at radius 3 is 2.32 bits per heavy atom. The zero-order chi connectivity index (χ0) is 15.7. The molecule has 0 aliphatic heterocycles. The molecule has 0 bridgehead atoms. The molecule has 0 aliphatic carbocycles. The van der Waals surface area contributed by atoms with Crippen LogP contribution in [0.15, 0.2) is 54.6 Å². The summed E-state index contributed by atoms with van der Waals surface area (Å²) in [6.07, 6.45) is 0. The van der Waals surface area contributed by atoms with Crippen LogP contribution in [0.2, 0.25) is 10.0 Å². The molecule has 0 atom stereocenters. The third kappa shape index (κ3) is 2.65. The Balaban J connectivity index is 2.04. The first-order chi connectivity index (χ1) is 10.6. The van der Waals surface area contributed by atoms with Gasteiger partial charge in [-0.05, 0) is 24.3 Å². The molecule has 0 N–H and O–H groups in total. The molecule has 0 radical (unpaired) electrons. The average Bonchev–Trinajstić information content (AvgIpc) is 2.50. The average molecular weight is 335 g/mol. The van der Waals surface area contributed by atoms with E-state index in [1.54, 1.807) is 24.3 Å². The number of rotatable bonds is 2. The minimum Gasteiger partial charge on any atom is -0.422 e. The molecule has 0 unspecified atom stereocenters. The van der Waals surface area contributed by atoms with Crippen molar-refractivity contribution in [1.82, 2.24) is 0 Å². The molecule has 0 spiro atoms. The molecule has 0 saturated heterocycles. The molecule has 3 aromatic rings. The van der Waals surface area contributed by atoms with Crippen LogP contribution in [0.5, 0.6) is 5.75 Å². The minimum atomic E-state index is -0.851. The number of halogens is 3. The van der Waals surface area contributed by atoms with Crippen molar-refractivity contribution in [1.29, 1.82) is 0 Å². The van der Waals surface area contributed by atoms with Gasteiger partial charge in [0, 0.05) is 15.8 Å². The number of esters is 1. The Bertz CT molecular complexity index is 857. The van der Waals surface area contributed by atoms with Crippen LogP contribution in [-0.4, -0.2) is 5.97 Å². The SMILES string of the molecule is O=C(Oc1ccc(Cl)c2ccccc12)c1c(F)cccc1Cl. The highest BCUT2D eigenvalue weighted by atomic mass is 35.5. The summed E-state index contributed by atoms with van der Waals surface area (Å²) >= 11 is 12.0. The van der Waals surface area contributed by atoms with Gasteiger partial charge < -0.3 is 4.74 Å². The van der Waals surface area contributed by atoms with Gasteiger partial charge >= 0.3 is 5.97 Å². The molecule has 110 valence electrons. The van der Waals surface area contributed by atoms with Crippen molar-refractivity contribution in [2.24, 2.45) is 0 Å².